The van der Waals surface area contributed by atoms with Crippen molar-refractivity contribution < 1.29 is 4.74 Å². The van der Waals surface area contributed by atoms with Crippen LogP contribution in [0.25, 0.3) is 0 Å². The van der Waals surface area contributed by atoms with E-state index in [9.17, 15) is 0 Å². The van der Waals surface area contributed by atoms with Gasteiger partial charge in [0.25, 0.3) is 0 Å². The van der Waals surface area contributed by atoms with E-state index >= 15 is 0 Å². The van der Waals surface area contributed by atoms with Crippen molar-refractivity contribution in [3.05, 3.63) is 65.2 Å². The summed E-state index contributed by atoms with van der Waals surface area (Å²) in [7, 11) is 0. The van der Waals surface area contributed by atoms with Gasteiger partial charge in [-0.15, -0.1) is 0 Å². The van der Waals surface area contributed by atoms with Gasteiger partial charge in [-0.2, -0.15) is 0 Å². The highest BCUT2D eigenvalue weighted by atomic mass is 32.1. The molecule has 0 saturated carbocycles. The zero-order valence-electron chi connectivity index (χ0n) is 11.8. The summed E-state index contributed by atoms with van der Waals surface area (Å²) in [5, 5.41) is 0. The minimum absolute atomic E-state index is 0.357. The molecule has 0 unspecified atom stereocenters. The van der Waals surface area contributed by atoms with Gasteiger partial charge in [0, 0.05) is 0 Å². The summed E-state index contributed by atoms with van der Waals surface area (Å²) >= 11 is 5.02. The molecule has 3 heteroatoms. The van der Waals surface area contributed by atoms with Crippen molar-refractivity contribution in [2.24, 2.45) is 5.73 Å². The fraction of sp³-hybridized carbons (Fsp3) is 0.235. The largest absolute Gasteiger partial charge is 0.488 e. The van der Waals surface area contributed by atoms with Crippen LogP contribution < -0.4 is 10.5 Å². The lowest BCUT2D eigenvalue weighted by Crippen LogP contribution is -2.11. The van der Waals surface area contributed by atoms with Crippen LogP contribution in [0.3, 0.4) is 0 Å². The molecule has 0 saturated heterocycles. The topological polar surface area (TPSA) is 35.2 Å². The van der Waals surface area contributed by atoms with E-state index in [1.165, 1.54) is 5.56 Å². The molecule has 0 heterocycles. The van der Waals surface area contributed by atoms with Crippen LogP contribution in [0.1, 0.15) is 36.5 Å². The number of benzene rings is 2. The van der Waals surface area contributed by atoms with Gasteiger partial charge in [0.05, 0.1) is 5.56 Å². The Labute approximate surface area is 125 Å². The van der Waals surface area contributed by atoms with Gasteiger partial charge in [0.1, 0.15) is 17.3 Å². The lowest BCUT2D eigenvalue weighted by molar-refractivity contribution is 0.305. The lowest BCUT2D eigenvalue weighted by Gasteiger charge is -2.11. The first-order valence-corrected chi connectivity index (χ1v) is 7.09. The van der Waals surface area contributed by atoms with Crippen molar-refractivity contribution in [2.75, 3.05) is 0 Å². The third-order valence-corrected chi connectivity index (χ3v) is 3.41. The summed E-state index contributed by atoms with van der Waals surface area (Å²) in [4.78, 5) is 0.357. The highest BCUT2D eigenvalue weighted by molar-refractivity contribution is 7.80. The van der Waals surface area contributed by atoms with Crippen LogP contribution >= 0.6 is 12.2 Å². The van der Waals surface area contributed by atoms with Crippen LogP contribution in [-0.4, -0.2) is 4.99 Å². The van der Waals surface area contributed by atoms with Crippen LogP contribution in [-0.2, 0) is 6.61 Å². The van der Waals surface area contributed by atoms with Gasteiger partial charge < -0.3 is 10.5 Å². The summed E-state index contributed by atoms with van der Waals surface area (Å²) in [6, 6.07) is 16.1. The second-order valence-corrected chi connectivity index (χ2v) is 5.49. The number of hydrogen-bond acceptors (Lipinski definition) is 2. The van der Waals surface area contributed by atoms with Crippen LogP contribution in [0.15, 0.2) is 48.5 Å². The van der Waals surface area contributed by atoms with Crippen molar-refractivity contribution in [1.82, 2.24) is 0 Å². The predicted molar refractivity (Wildman–Crippen MR) is 87.2 cm³/mol. The van der Waals surface area contributed by atoms with E-state index in [2.05, 4.69) is 38.1 Å². The molecule has 2 nitrogen and oxygen atoms in total. The van der Waals surface area contributed by atoms with Crippen LogP contribution in [0.2, 0.25) is 0 Å². The number of ether oxygens (including phenoxy) is 1. The molecule has 20 heavy (non-hydrogen) atoms. The number of para-hydroxylation sites is 1. The fourth-order valence-corrected chi connectivity index (χ4v) is 2.12. The Hall–Kier alpha value is -1.87. The van der Waals surface area contributed by atoms with Crippen molar-refractivity contribution in [2.45, 2.75) is 26.4 Å². The highest BCUT2D eigenvalue weighted by Crippen LogP contribution is 2.20. The monoisotopic (exact) mass is 285 g/mol. The van der Waals surface area contributed by atoms with Gasteiger partial charge in [0.2, 0.25) is 0 Å². The fourth-order valence-electron chi connectivity index (χ4n) is 1.96. The molecule has 0 spiro atoms. The normalized spacial score (nSPS) is 10.6. The number of nitrogens with two attached hydrogens (primary N) is 1. The highest BCUT2D eigenvalue weighted by Gasteiger charge is 2.06. The molecule has 0 radical (unpaired) electrons. The van der Waals surface area contributed by atoms with Crippen LogP contribution in [0, 0.1) is 0 Å². The molecule has 0 aliphatic carbocycles. The number of hydrogen-bond donors (Lipinski definition) is 1. The predicted octanol–water partition coefficient (Wildman–Crippen LogP) is 4.02. The standard InChI is InChI=1S/C17H19NOS/c1-12(2)14-9-7-13(8-10-14)11-19-16-6-4-3-5-15(16)17(18)20/h3-10,12H,11H2,1-2H3,(H2,18,20). The summed E-state index contributed by atoms with van der Waals surface area (Å²) in [6.45, 7) is 4.88. The van der Waals surface area contributed by atoms with E-state index in [4.69, 9.17) is 22.7 Å². The molecule has 2 N–H and O–H groups in total. The zero-order valence-corrected chi connectivity index (χ0v) is 12.6. The smallest absolute Gasteiger partial charge is 0.129 e. The Morgan fingerprint density at radius 3 is 2.35 bits per heavy atom. The molecule has 0 atom stereocenters. The van der Waals surface area contributed by atoms with Crippen molar-refractivity contribution in [1.29, 1.82) is 0 Å². The first kappa shape index (κ1) is 14.5. The van der Waals surface area contributed by atoms with Gasteiger partial charge >= 0.3 is 0 Å². The van der Waals surface area contributed by atoms with Crippen molar-refractivity contribution in [3.8, 4) is 5.75 Å². The van der Waals surface area contributed by atoms with Crippen LogP contribution in [0.4, 0.5) is 0 Å². The average molecular weight is 285 g/mol. The van der Waals surface area contributed by atoms with Gasteiger partial charge in [-0.05, 0) is 29.2 Å². The summed E-state index contributed by atoms with van der Waals surface area (Å²) in [5.41, 5.74) is 8.93. The van der Waals surface area contributed by atoms with Crippen molar-refractivity contribution in [3.63, 3.8) is 0 Å². The molecule has 0 aliphatic heterocycles. The maximum absolute atomic E-state index is 5.82. The lowest BCUT2D eigenvalue weighted by atomic mass is 10.0. The first-order valence-electron chi connectivity index (χ1n) is 6.68. The van der Waals surface area contributed by atoms with Gasteiger partial charge in [-0.3, -0.25) is 0 Å². The van der Waals surface area contributed by atoms with E-state index in [0.29, 0.717) is 17.5 Å². The summed E-state index contributed by atoms with van der Waals surface area (Å²) in [5.74, 6) is 1.27. The summed E-state index contributed by atoms with van der Waals surface area (Å²) < 4.78 is 5.82. The molecule has 2 aromatic carbocycles. The molecule has 2 aromatic rings. The zero-order chi connectivity index (χ0) is 14.5. The maximum Gasteiger partial charge on any atom is 0.129 e. The first-order chi connectivity index (χ1) is 9.58. The van der Waals surface area contributed by atoms with Gasteiger partial charge in [-0.25, -0.2) is 0 Å². The molecule has 2 rings (SSSR count). The number of rotatable bonds is 5. The minimum atomic E-state index is 0.357. The van der Waals surface area contributed by atoms with E-state index < -0.39 is 0 Å². The molecular formula is C17H19NOS. The minimum Gasteiger partial charge on any atom is -0.488 e. The van der Waals surface area contributed by atoms with Crippen LogP contribution in [0.5, 0.6) is 5.75 Å². The molecule has 0 fully saturated rings. The maximum atomic E-state index is 5.82. The van der Waals surface area contributed by atoms with Gasteiger partial charge in [0.15, 0.2) is 0 Å². The van der Waals surface area contributed by atoms with Crippen molar-refractivity contribution >= 4 is 17.2 Å². The molecule has 0 bridgehead atoms. The van der Waals surface area contributed by atoms with E-state index in [-0.39, 0.29) is 0 Å². The third kappa shape index (κ3) is 3.58. The van der Waals surface area contributed by atoms with E-state index in [0.717, 1.165) is 16.9 Å². The molecular weight excluding hydrogens is 266 g/mol. The average Bonchev–Trinajstić information content (AvgIpc) is 2.45. The Balaban J connectivity index is 2.07. The Morgan fingerprint density at radius 1 is 1.10 bits per heavy atom. The van der Waals surface area contributed by atoms with E-state index in [1.807, 2.05) is 24.3 Å². The molecule has 104 valence electrons. The Bertz CT molecular complexity index is 590. The second-order valence-electron chi connectivity index (χ2n) is 5.05. The SMILES string of the molecule is CC(C)c1ccc(COc2ccccc2C(N)=S)cc1. The molecule has 0 aliphatic rings. The summed E-state index contributed by atoms with van der Waals surface area (Å²) in [6.07, 6.45) is 0. The van der Waals surface area contributed by atoms with E-state index in [1.54, 1.807) is 0 Å². The second kappa shape index (κ2) is 6.53. The number of thiocarbonyl (C=S) groups is 1. The van der Waals surface area contributed by atoms with Gasteiger partial charge in [-0.1, -0.05) is 62.5 Å². The molecule has 0 amide bonds. The Morgan fingerprint density at radius 2 is 1.75 bits per heavy atom. The quantitative estimate of drug-likeness (QED) is 0.843. The third-order valence-electron chi connectivity index (χ3n) is 3.19. The molecule has 0 aromatic heterocycles. The Kier molecular flexibility index (Phi) is 4.74.